The van der Waals surface area contributed by atoms with Crippen molar-refractivity contribution < 1.29 is 4.74 Å². The van der Waals surface area contributed by atoms with Crippen LogP contribution in [0.15, 0.2) is 49.2 Å². The molecule has 2 rings (SSSR count). The largest absolute Gasteiger partial charge is 0.489 e. The van der Waals surface area contributed by atoms with Crippen molar-refractivity contribution in [3.05, 3.63) is 66.0 Å². The number of nitriles is 1. The highest BCUT2D eigenvalue weighted by atomic mass is 16.5. The first-order chi connectivity index (χ1) is 9.74. The van der Waals surface area contributed by atoms with E-state index >= 15 is 0 Å². The van der Waals surface area contributed by atoms with Crippen LogP contribution in [0.3, 0.4) is 0 Å². The number of hydrogen-bond acceptors (Lipinski definition) is 4. The second-order valence-corrected chi connectivity index (χ2v) is 4.27. The Morgan fingerprint density at radius 3 is 2.95 bits per heavy atom. The molecule has 0 spiro atoms. The summed E-state index contributed by atoms with van der Waals surface area (Å²) in [6.07, 6.45) is 4.07. The highest BCUT2D eigenvalue weighted by Crippen LogP contribution is 2.23. The zero-order valence-corrected chi connectivity index (χ0v) is 11.0. The monoisotopic (exact) mass is 265 g/mol. The minimum Gasteiger partial charge on any atom is -0.489 e. The minimum absolute atomic E-state index is 0.296. The zero-order chi connectivity index (χ0) is 14.4. The van der Waals surface area contributed by atoms with Crippen LogP contribution in [-0.4, -0.2) is 4.98 Å². The summed E-state index contributed by atoms with van der Waals surface area (Å²) >= 11 is 0. The molecule has 0 aliphatic heterocycles. The lowest BCUT2D eigenvalue weighted by Crippen LogP contribution is -2.02. The molecule has 0 radical (unpaired) electrons. The van der Waals surface area contributed by atoms with Crippen molar-refractivity contribution in [2.24, 2.45) is 0 Å². The molecule has 2 N–H and O–H groups in total. The van der Waals surface area contributed by atoms with Gasteiger partial charge in [0, 0.05) is 17.4 Å². The zero-order valence-electron chi connectivity index (χ0n) is 11.0. The first kappa shape index (κ1) is 13.6. The lowest BCUT2D eigenvalue weighted by Gasteiger charge is -2.11. The van der Waals surface area contributed by atoms with E-state index in [1.165, 1.54) is 0 Å². The Hall–Kier alpha value is -2.80. The third-order valence-corrected chi connectivity index (χ3v) is 2.83. The van der Waals surface area contributed by atoms with Crippen molar-refractivity contribution in [1.82, 2.24) is 4.98 Å². The quantitative estimate of drug-likeness (QED) is 0.666. The van der Waals surface area contributed by atoms with Crippen LogP contribution in [0.5, 0.6) is 5.75 Å². The number of allylic oxidation sites excluding steroid dienone is 1. The predicted molar refractivity (Wildman–Crippen MR) is 78.0 cm³/mol. The third kappa shape index (κ3) is 3.15. The molecule has 1 aromatic heterocycles. The van der Waals surface area contributed by atoms with E-state index in [2.05, 4.69) is 17.6 Å². The van der Waals surface area contributed by atoms with Crippen LogP contribution in [0, 0.1) is 11.3 Å². The van der Waals surface area contributed by atoms with Gasteiger partial charge in [-0.15, -0.1) is 6.58 Å². The average molecular weight is 265 g/mol. The molecule has 0 aliphatic carbocycles. The van der Waals surface area contributed by atoms with Crippen LogP contribution in [-0.2, 0) is 13.0 Å². The molecular weight excluding hydrogens is 250 g/mol. The summed E-state index contributed by atoms with van der Waals surface area (Å²) in [4.78, 5) is 4.01. The molecule has 4 nitrogen and oxygen atoms in total. The van der Waals surface area contributed by atoms with Crippen molar-refractivity contribution in [1.29, 1.82) is 5.26 Å². The summed E-state index contributed by atoms with van der Waals surface area (Å²) in [5.41, 5.74) is 8.57. The Morgan fingerprint density at radius 1 is 1.35 bits per heavy atom. The Kier molecular flexibility index (Phi) is 4.35. The predicted octanol–water partition coefficient (Wildman–Crippen LogP) is 2.84. The fourth-order valence-electron chi connectivity index (χ4n) is 1.87. The number of benzene rings is 1. The summed E-state index contributed by atoms with van der Waals surface area (Å²) in [6, 6.07) is 11.2. The Morgan fingerprint density at radius 2 is 2.20 bits per heavy atom. The van der Waals surface area contributed by atoms with Gasteiger partial charge >= 0.3 is 0 Å². The number of rotatable bonds is 5. The van der Waals surface area contributed by atoms with Crippen LogP contribution in [0.1, 0.15) is 16.8 Å². The van der Waals surface area contributed by atoms with Gasteiger partial charge in [0.1, 0.15) is 24.1 Å². The van der Waals surface area contributed by atoms with Gasteiger partial charge < -0.3 is 10.5 Å². The first-order valence-corrected chi connectivity index (χ1v) is 6.20. The maximum Gasteiger partial charge on any atom is 0.147 e. The van der Waals surface area contributed by atoms with Crippen LogP contribution in [0.25, 0.3) is 0 Å². The van der Waals surface area contributed by atoms with E-state index in [9.17, 15) is 0 Å². The molecule has 1 aromatic carbocycles. The molecular formula is C16H15N3O. The third-order valence-electron chi connectivity index (χ3n) is 2.83. The van der Waals surface area contributed by atoms with Crippen LogP contribution in [0.4, 0.5) is 5.69 Å². The van der Waals surface area contributed by atoms with E-state index in [1.54, 1.807) is 24.4 Å². The summed E-state index contributed by atoms with van der Waals surface area (Å²) in [5, 5.41) is 8.99. The van der Waals surface area contributed by atoms with Gasteiger partial charge in [0.05, 0.1) is 0 Å². The molecule has 2 aromatic rings. The van der Waals surface area contributed by atoms with Gasteiger partial charge in [0.15, 0.2) is 0 Å². The van der Waals surface area contributed by atoms with Gasteiger partial charge in [0.25, 0.3) is 0 Å². The molecule has 0 fully saturated rings. The fraction of sp³-hybridized carbons (Fsp3) is 0.125. The van der Waals surface area contributed by atoms with E-state index in [0.29, 0.717) is 24.4 Å². The molecule has 0 bridgehead atoms. The Bertz CT molecular complexity index is 659. The Balaban J connectivity index is 2.19. The van der Waals surface area contributed by atoms with Gasteiger partial charge in [-0.1, -0.05) is 12.1 Å². The van der Waals surface area contributed by atoms with E-state index in [1.807, 2.05) is 18.2 Å². The number of nitrogens with zero attached hydrogens (tertiary/aromatic N) is 2. The molecule has 0 saturated carbocycles. The highest BCUT2D eigenvalue weighted by Gasteiger charge is 2.06. The Labute approximate surface area is 118 Å². The standard InChI is InChI=1S/C16H15N3O/c1-2-4-12-9-14(18)6-7-16(12)20-11-13-5-3-8-19-15(13)10-17/h2-3,5-9H,1,4,11,18H2. The number of hydrogen-bond donors (Lipinski definition) is 1. The number of nitrogen functional groups attached to an aromatic ring is 1. The normalized spacial score (nSPS) is 9.75. The van der Waals surface area contributed by atoms with E-state index in [0.717, 1.165) is 16.9 Å². The fourth-order valence-corrected chi connectivity index (χ4v) is 1.87. The minimum atomic E-state index is 0.296. The van der Waals surface area contributed by atoms with Crippen molar-refractivity contribution in [3.8, 4) is 11.8 Å². The molecule has 0 unspecified atom stereocenters. The summed E-state index contributed by atoms with van der Waals surface area (Å²) in [6.45, 7) is 4.02. The first-order valence-electron chi connectivity index (χ1n) is 6.20. The van der Waals surface area contributed by atoms with Crippen molar-refractivity contribution >= 4 is 5.69 Å². The van der Waals surface area contributed by atoms with Gasteiger partial charge in [-0.3, -0.25) is 0 Å². The van der Waals surface area contributed by atoms with Crippen molar-refractivity contribution in [2.45, 2.75) is 13.0 Å². The van der Waals surface area contributed by atoms with Gasteiger partial charge in [-0.2, -0.15) is 5.26 Å². The number of anilines is 1. The average Bonchev–Trinajstić information content (AvgIpc) is 2.47. The maximum absolute atomic E-state index is 8.99. The molecule has 4 heteroatoms. The summed E-state index contributed by atoms with van der Waals surface area (Å²) in [5.74, 6) is 0.742. The lowest BCUT2D eigenvalue weighted by molar-refractivity contribution is 0.302. The lowest BCUT2D eigenvalue weighted by atomic mass is 10.1. The number of pyridine rings is 1. The van der Waals surface area contributed by atoms with E-state index < -0.39 is 0 Å². The summed E-state index contributed by atoms with van der Waals surface area (Å²) < 4.78 is 5.78. The molecule has 0 saturated heterocycles. The summed E-state index contributed by atoms with van der Waals surface area (Å²) in [7, 11) is 0. The van der Waals surface area contributed by atoms with Crippen LogP contribution < -0.4 is 10.5 Å². The highest BCUT2D eigenvalue weighted by molar-refractivity contribution is 5.48. The molecule has 0 atom stereocenters. The SMILES string of the molecule is C=CCc1cc(N)ccc1OCc1cccnc1C#N. The number of ether oxygens (including phenoxy) is 1. The molecule has 0 amide bonds. The molecule has 100 valence electrons. The van der Waals surface area contributed by atoms with Gasteiger partial charge in [-0.05, 0) is 36.2 Å². The van der Waals surface area contributed by atoms with Crippen LogP contribution >= 0.6 is 0 Å². The maximum atomic E-state index is 8.99. The number of aromatic nitrogens is 1. The molecule has 0 aliphatic rings. The van der Waals surface area contributed by atoms with Crippen molar-refractivity contribution in [2.75, 3.05) is 5.73 Å². The smallest absolute Gasteiger partial charge is 0.147 e. The van der Waals surface area contributed by atoms with Crippen molar-refractivity contribution in [3.63, 3.8) is 0 Å². The topological polar surface area (TPSA) is 71.9 Å². The van der Waals surface area contributed by atoms with E-state index in [-0.39, 0.29) is 0 Å². The number of nitrogens with two attached hydrogens (primary N) is 1. The molecule has 20 heavy (non-hydrogen) atoms. The second kappa shape index (κ2) is 6.39. The molecule has 1 heterocycles. The second-order valence-electron chi connectivity index (χ2n) is 4.27. The van der Waals surface area contributed by atoms with E-state index in [4.69, 9.17) is 15.7 Å². The van der Waals surface area contributed by atoms with Crippen LogP contribution in [0.2, 0.25) is 0 Å². The van der Waals surface area contributed by atoms with Gasteiger partial charge in [-0.25, -0.2) is 4.98 Å². The van der Waals surface area contributed by atoms with Gasteiger partial charge in [0.2, 0.25) is 0 Å².